The molecule has 178 valence electrons. The van der Waals surface area contributed by atoms with Gasteiger partial charge >= 0.3 is 0 Å². The number of rotatable bonds is 7. The summed E-state index contributed by atoms with van der Waals surface area (Å²) in [4.78, 5) is 4.92. The van der Waals surface area contributed by atoms with E-state index >= 15 is 0 Å². The number of para-hydroxylation sites is 1. The summed E-state index contributed by atoms with van der Waals surface area (Å²) >= 11 is 0. The van der Waals surface area contributed by atoms with E-state index in [1.165, 1.54) is 10.1 Å². The fourth-order valence-electron chi connectivity index (χ4n) is 4.16. The average Bonchev–Trinajstić information content (AvgIpc) is 3.30. The number of hydrogen-bond acceptors (Lipinski definition) is 6. The Morgan fingerprint density at radius 2 is 1.69 bits per heavy atom. The number of nitrogens with zero attached hydrogens (tertiary/aromatic N) is 4. The molecule has 0 spiro atoms. The van der Waals surface area contributed by atoms with Crippen molar-refractivity contribution in [3.05, 3.63) is 89.5 Å². The summed E-state index contributed by atoms with van der Waals surface area (Å²) in [6.07, 6.45) is 1.83. The Labute approximate surface area is 204 Å². The number of aromatic nitrogens is 4. The molecule has 1 atom stereocenters. The Morgan fingerprint density at radius 1 is 0.943 bits per heavy atom. The molecular weight excluding hydrogens is 458 g/mol. The Hall–Kier alpha value is -3.78. The van der Waals surface area contributed by atoms with Crippen molar-refractivity contribution in [2.45, 2.75) is 49.6 Å². The molecule has 7 nitrogen and oxygen atoms in total. The first kappa shape index (κ1) is 23.0. The fraction of sp³-hybridized carbons (Fsp3) is 0.222. The molecule has 0 bridgehead atoms. The third-order valence-corrected chi connectivity index (χ3v) is 8.00. The van der Waals surface area contributed by atoms with Gasteiger partial charge in [-0.25, -0.2) is 13.4 Å². The van der Waals surface area contributed by atoms with E-state index in [1.807, 2.05) is 56.3 Å². The number of nitrogens with one attached hydrogen (secondary N) is 1. The summed E-state index contributed by atoms with van der Waals surface area (Å²) in [5.74, 6) is 0.618. The number of fused-ring (bicyclic) bond motifs is 3. The van der Waals surface area contributed by atoms with Crippen LogP contribution in [0.4, 0.5) is 5.82 Å². The standard InChI is InChI=1S/C27H27N5O2S/c1-18-13-16-22(17-19(18)2)35(33,34)27-26-29-25(23-11-7-8-12-24(23)32(26)31-30-27)28-20(3)14-15-21-9-5-4-6-10-21/h4-13,16-17,20H,14-15H2,1-3H3,(H,28,29)/t20-/m0/s1. The van der Waals surface area contributed by atoms with E-state index in [1.54, 1.807) is 18.2 Å². The molecule has 0 aliphatic carbocycles. The summed E-state index contributed by atoms with van der Waals surface area (Å²) in [5.41, 5.74) is 4.15. The van der Waals surface area contributed by atoms with Crippen LogP contribution in [-0.4, -0.2) is 34.3 Å². The Kier molecular flexibility index (Phi) is 5.98. The van der Waals surface area contributed by atoms with Crippen molar-refractivity contribution in [3.63, 3.8) is 0 Å². The monoisotopic (exact) mass is 485 g/mol. The lowest BCUT2D eigenvalue weighted by atomic mass is 10.1. The highest BCUT2D eigenvalue weighted by Gasteiger charge is 2.27. The van der Waals surface area contributed by atoms with Crippen LogP contribution in [0, 0.1) is 13.8 Å². The molecule has 5 aromatic rings. The zero-order valence-electron chi connectivity index (χ0n) is 19.9. The molecule has 2 heterocycles. The van der Waals surface area contributed by atoms with Gasteiger partial charge in [0.15, 0.2) is 5.65 Å². The van der Waals surface area contributed by atoms with Crippen LogP contribution < -0.4 is 5.32 Å². The Balaban J connectivity index is 1.56. The minimum atomic E-state index is -3.91. The molecule has 2 aromatic heterocycles. The summed E-state index contributed by atoms with van der Waals surface area (Å²) in [7, 11) is -3.91. The van der Waals surface area contributed by atoms with E-state index in [0.29, 0.717) is 5.82 Å². The van der Waals surface area contributed by atoms with E-state index in [9.17, 15) is 8.42 Å². The SMILES string of the molecule is Cc1ccc(S(=O)(=O)c2nnn3c2nc(N[C@@H](C)CCc2ccccc2)c2ccccc23)cc1C. The summed E-state index contributed by atoms with van der Waals surface area (Å²) in [6.45, 7) is 5.94. The molecule has 1 N–H and O–H groups in total. The molecule has 0 fully saturated rings. The largest absolute Gasteiger partial charge is 0.367 e. The average molecular weight is 486 g/mol. The maximum absolute atomic E-state index is 13.5. The lowest BCUT2D eigenvalue weighted by Gasteiger charge is -2.16. The quantitative estimate of drug-likeness (QED) is 0.342. The lowest BCUT2D eigenvalue weighted by molar-refractivity contribution is 0.592. The highest BCUT2D eigenvalue weighted by molar-refractivity contribution is 7.91. The predicted molar refractivity (Wildman–Crippen MR) is 138 cm³/mol. The zero-order chi connectivity index (χ0) is 24.6. The molecule has 0 radical (unpaired) electrons. The smallest absolute Gasteiger partial charge is 0.229 e. The molecule has 0 saturated carbocycles. The van der Waals surface area contributed by atoms with Gasteiger partial charge in [0.2, 0.25) is 14.9 Å². The molecule has 0 unspecified atom stereocenters. The minimum Gasteiger partial charge on any atom is -0.367 e. The number of aryl methyl sites for hydroxylation is 3. The van der Waals surface area contributed by atoms with E-state index in [4.69, 9.17) is 4.98 Å². The first-order valence-corrected chi connectivity index (χ1v) is 13.1. The summed E-state index contributed by atoms with van der Waals surface area (Å²) in [6, 6.07) is 23.2. The van der Waals surface area contributed by atoms with Crippen LogP contribution in [0.3, 0.4) is 0 Å². The van der Waals surface area contributed by atoms with Crippen LogP contribution in [0.2, 0.25) is 0 Å². The van der Waals surface area contributed by atoms with Crippen LogP contribution >= 0.6 is 0 Å². The van der Waals surface area contributed by atoms with Gasteiger partial charge in [0.1, 0.15) is 5.82 Å². The number of anilines is 1. The predicted octanol–water partition coefficient (Wildman–Crippen LogP) is 5.16. The molecular formula is C27H27N5O2S. The second-order valence-electron chi connectivity index (χ2n) is 8.93. The molecule has 3 aromatic carbocycles. The molecule has 35 heavy (non-hydrogen) atoms. The first-order valence-electron chi connectivity index (χ1n) is 11.6. The Bertz CT molecular complexity index is 1630. The van der Waals surface area contributed by atoms with Gasteiger partial charge in [0.25, 0.3) is 0 Å². The van der Waals surface area contributed by atoms with Crippen molar-refractivity contribution < 1.29 is 8.42 Å². The second kappa shape index (κ2) is 9.11. The van der Waals surface area contributed by atoms with Gasteiger partial charge in [-0.2, -0.15) is 4.52 Å². The zero-order valence-corrected chi connectivity index (χ0v) is 20.7. The van der Waals surface area contributed by atoms with E-state index < -0.39 is 9.84 Å². The Morgan fingerprint density at radius 3 is 2.46 bits per heavy atom. The lowest BCUT2D eigenvalue weighted by Crippen LogP contribution is -2.18. The van der Waals surface area contributed by atoms with Crippen molar-refractivity contribution in [2.75, 3.05) is 5.32 Å². The third kappa shape index (κ3) is 4.37. The van der Waals surface area contributed by atoms with Crippen LogP contribution in [0.25, 0.3) is 16.6 Å². The van der Waals surface area contributed by atoms with Gasteiger partial charge < -0.3 is 5.32 Å². The highest BCUT2D eigenvalue weighted by Crippen LogP contribution is 2.29. The maximum atomic E-state index is 13.5. The maximum Gasteiger partial charge on any atom is 0.229 e. The molecule has 0 amide bonds. The van der Waals surface area contributed by atoms with Crippen molar-refractivity contribution >= 4 is 32.2 Å². The van der Waals surface area contributed by atoms with Crippen LogP contribution in [-0.2, 0) is 16.3 Å². The van der Waals surface area contributed by atoms with E-state index in [2.05, 4.69) is 34.7 Å². The molecule has 0 saturated heterocycles. The fourth-order valence-corrected chi connectivity index (χ4v) is 5.47. The normalized spacial score (nSPS) is 12.8. The minimum absolute atomic E-state index is 0.115. The van der Waals surface area contributed by atoms with Gasteiger partial charge in [-0.3, -0.25) is 0 Å². The van der Waals surface area contributed by atoms with Gasteiger partial charge in [0.05, 0.1) is 10.4 Å². The number of hydrogen-bond donors (Lipinski definition) is 1. The third-order valence-electron chi connectivity index (χ3n) is 6.36. The van der Waals surface area contributed by atoms with Gasteiger partial charge in [-0.05, 0) is 74.6 Å². The van der Waals surface area contributed by atoms with Crippen molar-refractivity contribution in [2.24, 2.45) is 0 Å². The molecule has 8 heteroatoms. The van der Waals surface area contributed by atoms with Gasteiger partial charge in [0, 0.05) is 11.4 Å². The summed E-state index contributed by atoms with van der Waals surface area (Å²) in [5, 5.41) is 12.5. The second-order valence-corrected chi connectivity index (χ2v) is 10.8. The van der Waals surface area contributed by atoms with Gasteiger partial charge in [-0.1, -0.05) is 53.7 Å². The van der Waals surface area contributed by atoms with E-state index in [-0.39, 0.29) is 21.6 Å². The molecule has 5 rings (SSSR count). The highest BCUT2D eigenvalue weighted by atomic mass is 32.2. The first-order chi connectivity index (χ1) is 16.8. The van der Waals surface area contributed by atoms with Crippen LogP contribution in [0.15, 0.2) is 82.7 Å². The van der Waals surface area contributed by atoms with Crippen LogP contribution in [0.1, 0.15) is 30.0 Å². The van der Waals surface area contributed by atoms with Crippen molar-refractivity contribution in [1.82, 2.24) is 19.8 Å². The van der Waals surface area contributed by atoms with Gasteiger partial charge in [-0.15, -0.1) is 5.10 Å². The number of benzene rings is 3. The topological polar surface area (TPSA) is 89.2 Å². The van der Waals surface area contributed by atoms with Crippen molar-refractivity contribution in [1.29, 1.82) is 0 Å². The van der Waals surface area contributed by atoms with E-state index in [0.717, 1.165) is 34.9 Å². The van der Waals surface area contributed by atoms with Crippen molar-refractivity contribution in [3.8, 4) is 0 Å². The molecule has 0 aliphatic rings. The molecule has 0 aliphatic heterocycles. The number of sulfone groups is 1. The summed E-state index contributed by atoms with van der Waals surface area (Å²) < 4.78 is 28.6. The van der Waals surface area contributed by atoms with Crippen LogP contribution in [0.5, 0.6) is 0 Å².